The van der Waals surface area contributed by atoms with Crippen LogP contribution in [0.3, 0.4) is 0 Å². The Kier molecular flexibility index (Phi) is 4.83. The highest BCUT2D eigenvalue weighted by Crippen LogP contribution is 2.25. The molecule has 0 saturated heterocycles. The van der Waals surface area contributed by atoms with Crippen LogP contribution in [-0.4, -0.2) is 21.4 Å². The number of anilines is 1. The third-order valence-electron chi connectivity index (χ3n) is 3.58. The third kappa shape index (κ3) is 3.35. The van der Waals surface area contributed by atoms with Gasteiger partial charge in [-0.05, 0) is 40.7 Å². The molecule has 1 atom stereocenters. The fraction of sp³-hybridized carbons (Fsp3) is 0.500. The van der Waals surface area contributed by atoms with Gasteiger partial charge in [-0.2, -0.15) is 5.10 Å². The van der Waals surface area contributed by atoms with Crippen molar-refractivity contribution >= 4 is 5.69 Å². The summed E-state index contributed by atoms with van der Waals surface area (Å²) >= 11 is 0. The summed E-state index contributed by atoms with van der Waals surface area (Å²) in [5.74, 6) is 0.655. The van der Waals surface area contributed by atoms with Gasteiger partial charge in [0.25, 0.3) is 0 Å². The smallest absolute Gasteiger partial charge is 0.213 e. The molecule has 0 spiro atoms. The summed E-state index contributed by atoms with van der Waals surface area (Å²) in [5.41, 5.74) is 4.53. The molecule has 0 bridgehead atoms. The topological polar surface area (TPSA) is 52.0 Å². The highest BCUT2D eigenvalue weighted by molar-refractivity contribution is 5.45. The number of ether oxygens (including phenoxy) is 1. The van der Waals surface area contributed by atoms with E-state index in [0.717, 1.165) is 17.9 Å². The van der Waals surface area contributed by atoms with Crippen molar-refractivity contribution in [2.24, 2.45) is 0 Å². The van der Waals surface area contributed by atoms with Crippen LogP contribution in [0.1, 0.15) is 43.8 Å². The SMILES string of the molecule is CCOc1ccc(NC(C)c2c(C)nn(CC)c2C)cn1. The maximum absolute atomic E-state index is 5.35. The van der Waals surface area contributed by atoms with Crippen LogP contribution in [0.4, 0.5) is 5.69 Å². The normalized spacial score (nSPS) is 12.2. The van der Waals surface area contributed by atoms with Crippen LogP contribution in [0.15, 0.2) is 18.3 Å². The zero-order valence-electron chi connectivity index (χ0n) is 13.5. The van der Waals surface area contributed by atoms with Crippen molar-refractivity contribution in [2.45, 2.75) is 47.2 Å². The molecule has 0 radical (unpaired) electrons. The van der Waals surface area contributed by atoms with E-state index in [2.05, 4.69) is 43.1 Å². The second-order valence-electron chi connectivity index (χ2n) is 5.08. The molecule has 2 rings (SSSR count). The Labute approximate surface area is 126 Å². The van der Waals surface area contributed by atoms with Gasteiger partial charge in [0.15, 0.2) is 0 Å². The maximum Gasteiger partial charge on any atom is 0.213 e. The zero-order chi connectivity index (χ0) is 15.4. The predicted octanol–water partition coefficient (Wildman–Crippen LogP) is 3.49. The Morgan fingerprint density at radius 2 is 2.05 bits per heavy atom. The van der Waals surface area contributed by atoms with E-state index in [1.165, 1.54) is 11.3 Å². The van der Waals surface area contributed by atoms with Gasteiger partial charge in [-0.1, -0.05) is 0 Å². The average molecular weight is 288 g/mol. The van der Waals surface area contributed by atoms with Crippen LogP contribution in [0.5, 0.6) is 5.88 Å². The van der Waals surface area contributed by atoms with E-state index in [0.29, 0.717) is 12.5 Å². The van der Waals surface area contributed by atoms with Gasteiger partial charge in [-0.15, -0.1) is 0 Å². The van der Waals surface area contributed by atoms with Crippen molar-refractivity contribution in [3.63, 3.8) is 0 Å². The van der Waals surface area contributed by atoms with Crippen LogP contribution >= 0.6 is 0 Å². The van der Waals surface area contributed by atoms with E-state index < -0.39 is 0 Å². The minimum atomic E-state index is 0.185. The fourth-order valence-electron chi connectivity index (χ4n) is 2.67. The van der Waals surface area contributed by atoms with Crippen molar-refractivity contribution in [2.75, 3.05) is 11.9 Å². The Morgan fingerprint density at radius 3 is 2.57 bits per heavy atom. The Bertz CT molecular complexity index is 589. The standard InChI is InChI=1S/C16H24N4O/c1-6-20-13(5)16(12(4)19-20)11(3)18-14-8-9-15(17-10-14)21-7-2/h8-11,18H,6-7H2,1-5H3. The second-order valence-corrected chi connectivity index (χ2v) is 5.08. The van der Waals surface area contributed by atoms with E-state index in [-0.39, 0.29) is 6.04 Å². The summed E-state index contributed by atoms with van der Waals surface area (Å²) in [7, 11) is 0. The van der Waals surface area contributed by atoms with Crippen LogP contribution in [0.25, 0.3) is 0 Å². The molecule has 5 nitrogen and oxygen atoms in total. The number of pyridine rings is 1. The molecule has 1 N–H and O–H groups in total. The number of aryl methyl sites for hydroxylation is 2. The summed E-state index contributed by atoms with van der Waals surface area (Å²) in [6.07, 6.45) is 1.80. The molecule has 0 saturated carbocycles. The molecule has 0 aliphatic carbocycles. The summed E-state index contributed by atoms with van der Waals surface area (Å²) in [6.45, 7) is 11.9. The Morgan fingerprint density at radius 1 is 1.29 bits per heavy atom. The Balaban J connectivity index is 2.14. The number of hydrogen-bond donors (Lipinski definition) is 1. The molecule has 0 aliphatic rings. The van der Waals surface area contributed by atoms with Gasteiger partial charge in [-0.25, -0.2) is 4.98 Å². The molecule has 0 fully saturated rings. The van der Waals surface area contributed by atoms with Crippen molar-refractivity contribution in [3.8, 4) is 5.88 Å². The van der Waals surface area contributed by atoms with Crippen molar-refractivity contribution < 1.29 is 4.74 Å². The van der Waals surface area contributed by atoms with Crippen molar-refractivity contribution in [1.82, 2.24) is 14.8 Å². The molecule has 2 heterocycles. The van der Waals surface area contributed by atoms with E-state index >= 15 is 0 Å². The van der Waals surface area contributed by atoms with Crippen molar-refractivity contribution in [1.29, 1.82) is 0 Å². The predicted molar refractivity (Wildman–Crippen MR) is 84.8 cm³/mol. The number of nitrogens with one attached hydrogen (secondary N) is 1. The van der Waals surface area contributed by atoms with E-state index in [1.54, 1.807) is 6.20 Å². The molecule has 5 heteroatoms. The molecule has 114 valence electrons. The first-order valence-electron chi connectivity index (χ1n) is 7.46. The quantitative estimate of drug-likeness (QED) is 0.884. The fourth-order valence-corrected chi connectivity index (χ4v) is 2.67. The average Bonchev–Trinajstić information content (AvgIpc) is 2.75. The first-order valence-corrected chi connectivity index (χ1v) is 7.46. The lowest BCUT2D eigenvalue weighted by Gasteiger charge is -2.16. The first-order chi connectivity index (χ1) is 10.1. The first kappa shape index (κ1) is 15.4. The van der Waals surface area contributed by atoms with E-state index in [4.69, 9.17) is 4.74 Å². The van der Waals surface area contributed by atoms with Gasteiger partial charge < -0.3 is 10.1 Å². The van der Waals surface area contributed by atoms with Crippen LogP contribution in [0.2, 0.25) is 0 Å². The summed E-state index contributed by atoms with van der Waals surface area (Å²) in [5, 5.41) is 8.05. The number of hydrogen-bond acceptors (Lipinski definition) is 4. The van der Waals surface area contributed by atoms with Gasteiger partial charge in [0, 0.05) is 23.9 Å². The summed E-state index contributed by atoms with van der Waals surface area (Å²) < 4.78 is 7.40. The highest BCUT2D eigenvalue weighted by atomic mass is 16.5. The zero-order valence-corrected chi connectivity index (χ0v) is 13.5. The van der Waals surface area contributed by atoms with Crippen LogP contribution in [0, 0.1) is 13.8 Å². The minimum Gasteiger partial charge on any atom is -0.478 e. The number of nitrogens with zero attached hydrogens (tertiary/aromatic N) is 3. The Hall–Kier alpha value is -2.04. The molecule has 1 unspecified atom stereocenters. The molecule has 2 aromatic heterocycles. The largest absolute Gasteiger partial charge is 0.478 e. The van der Waals surface area contributed by atoms with Gasteiger partial charge in [-0.3, -0.25) is 4.68 Å². The maximum atomic E-state index is 5.35. The van der Waals surface area contributed by atoms with Gasteiger partial charge >= 0.3 is 0 Å². The number of rotatable bonds is 6. The highest BCUT2D eigenvalue weighted by Gasteiger charge is 2.16. The van der Waals surface area contributed by atoms with Gasteiger partial charge in [0.1, 0.15) is 0 Å². The summed E-state index contributed by atoms with van der Waals surface area (Å²) in [6, 6.07) is 4.06. The van der Waals surface area contributed by atoms with E-state index in [9.17, 15) is 0 Å². The molecule has 2 aromatic rings. The van der Waals surface area contributed by atoms with Crippen LogP contribution in [-0.2, 0) is 6.54 Å². The lowest BCUT2D eigenvalue weighted by Crippen LogP contribution is -2.09. The summed E-state index contributed by atoms with van der Waals surface area (Å²) in [4.78, 5) is 4.28. The van der Waals surface area contributed by atoms with E-state index in [1.807, 2.05) is 23.7 Å². The molecule has 0 aliphatic heterocycles. The van der Waals surface area contributed by atoms with Gasteiger partial charge in [0.05, 0.1) is 30.2 Å². The van der Waals surface area contributed by atoms with Crippen LogP contribution < -0.4 is 10.1 Å². The monoisotopic (exact) mass is 288 g/mol. The number of aromatic nitrogens is 3. The lowest BCUT2D eigenvalue weighted by molar-refractivity contribution is 0.327. The molecular formula is C16H24N4O. The minimum absolute atomic E-state index is 0.185. The lowest BCUT2D eigenvalue weighted by atomic mass is 10.1. The second kappa shape index (κ2) is 6.61. The van der Waals surface area contributed by atoms with Gasteiger partial charge in [0.2, 0.25) is 5.88 Å². The molecule has 21 heavy (non-hydrogen) atoms. The third-order valence-corrected chi connectivity index (χ3v) is 3.58. The molecule has 0 aromatic carbocycles. The molecule has 0 amide bonds. The molecular weight excluding hydrogens is 264 g/mol. The van der Waals surface area contributed by atoms with Crippen molar-refractivity contribution in [3.05, 3.63) is 35.3 Å².